The van der Waals surface area contributed by atoms with Gasteiger partial charge in [0.25, 0.3) is 0 Å². The summed E-state index contributed by atoms with van der Waals surface area (Å²) in [5.74, 6) is 0. The van der Waals surface area contributed by atoms with Crippen LogP contribution in [0, 0.1) is 0 Å². The first-order valence-electron chi connectivity index (χ1n) is 8.05. The monoisotopic (exact) mass is 298 g/mol. The Bertz CT molecular complexity index is 456. The summed E-state index contributed by atoms with van der Waals surface area (Å²) in [7, 11) is 0. The minimum absolute atomic E-state index is 0.217. The number of nitrogens with zero attached hydrogens (tertiary/aromatic N) is 1. The molecule has 1 aromatic rings. The van der Waals surface area contributed by atoms with E-state index in [0.29, 0.717) is 0 Å². The van der Waals surface area contributed by atoms with E-state index in [-0.39, 0.29) is 6.04 Å². The number of nitrogens with two attached hydrogens (primary N) is 1. The predicted molar refractivity (Wildman–Crippen MR) is 97.8 cm³/mol. The highest BCUT2D eigenvalue weighted by molar-refractivity contribution is 5.27. The molecule has 2 nitrogen and oxygen atoms in total. The zero-order valence-electron chi connectivity index (χ0n) is 13.9. The predicted octanol–water partition coefficient (Wildman–Crippen LogP) is 4.26. The van der Waals surface area contributed by atoms with Crippen molar-refractivity contribution in [2.24, 2.45) is 5.73 Å². The summed E-state index contributed by atoms with van der Waals surface area (Å²) in [5.41, 5.74) is 7.65. The summed E-state index contributed by atoms with van der Waals surface area (Å²) >= 11 is 0. The Kier molecular flexibility index (Phi) is 7.86. The molecule has 2 N–H and O–H groups in total. The Morgan fingerprint density at radius 3 is 2.14 bits per heavy atom. The first kappa shape index (κ1) is 18.4. The van der Waals surface area contributed by atoms with E-state index in [1.54, 1.807) is 0 Å². The Hall–Kier alpha value is -1.64. The van der Waals surface area contributed by atoms with Gasteiger partial charge in [-0.25, -0.2) is 0 Å². The molecule has 2 heteroatoms. The van der Waals surface area contributed by atoms with E-state index in [4.69, 9.17) is 5.73 Å². The van der Waals surface area contributed by atoms with Gasteiger partial charge < -0.3 is 5.73 Å². The number of rotatable bonds is 11. The van der Waals surface area contributed by atoms with Crippen molar-refractivity contribution >= 4 is 0 Å². The van der Waals surface area contributed by atoms with Crippen LogP contribution in [0.2, 0.25) is 0 Å². The average Bonchev–Trinajstić information content (AvgIpc) is 2.53. The molecule has 0 aliphatic carbocycles. The molecule has 2 unspecified atom stereocenters. The van der Waals surface area contributed by atoms with Crippen LogP contribution < -0.4 is 5.73 Å². The van der Waals surface area contributed by atoms with Crippen LogP contribution in [-0.2, 0) is 5.54 Å². The lowest BCUT2D eigenvalue weighted by molar-refractivity contribution is 0.134. The first-order valence-corrected chi connectivity index (χ1v) is 8.05. The van der Waals surface area contributed by atoms with Crippen LogP contribution in [0.4, 0.5) is 0 Å². The van der Waals surface area contributed by atoms with Crippen molar-refractivity contribution in [2.45, 2.75) is 37.8 Å². The van der Waals surface area contributed by atoms with Crippen molar-refractivity contribution < 1.29 is 0 Å². The molecule has 120 valence electrons. The van der Waals surface area contributed by atoms with Crippen LogP contribution in [0.1, 0.15) is 31.7 Å². The minimum Gasteiger partial charge on any atom is -0.320 e. The van der Waals surface area contributed by atoms with Crippen LogP contribution in [-0.4, -0.2) is 24.0 Å². The SMILES string of the molecule is C=CCN(CC=C)C(CCC)C(N)(CC=C)c1ccccc1. The molecule has 1 rings (SSSR count). The van der Waals surface area contributed by atoms with E-state index in [2.05, 4.69) is 43.7 Å². The molecule has 0 fully saturated rings. The van der Waals surface area contributed by atoms with E-state index in [0.717, 1.165) is 37.9 Å². The topological polar surface area (TPSA) is 29.3 Å². The third-order valence-corrected chi connectivity index (χ3v) is 4.12. The Morgan fingerprint density at radius 2 is 1.68 bits per heavy atom. The van der Waals surface area contributed by atoms with E-state index >= 15 is 0 Å². The Labute approximate surface area is 136 Å². The van der Waals surface area contributed by atoms with Gasteiger partial charge in [0.15, 0.2) is 0 Å². The van der Waals surface area contributed by atoms with Crippen molar-refractivity contribution in [3.63, 3.8) is 0 Å². The summed E-state index contributed by atoms with van der Waals surface area (Å²) in [4.78, 5) is 2.36. The first-order chi connectivity index (χ1) is 10.6. The summed E-state index contributed by atoms with van der Waals surface area (Å²) in [6, 6.07) is 10.6. The molecule has 1 aromatic carbocycles. The van der Waals surface area contributed by atoms with Crippen LogP contribution in [0.15, 0.2) is 68.3 Å². The van der Waals surface area contributed by atoms with Gasteiger partial charge in [-0.05, 0) is 18.4 Å². The molecule has 0 aliphatic heterocycles. The molecular weight excluding hydrogens is 268 g/mol. The molecule has 0 heterocycles. The molecule has 22 heavy (non-hydrogen) atoms. The van der Waals surface area contributed by atoms with Gasteiger partial charge in [0.1, 0.15) is 0 Å². The highest BCUT2D eigenvalue weighted by Crippen LogP contribution is 2.32. The van der Waals surface area contributed by atoms with Gasteiger partial charge in [-0.1, -0.05) is 61.9 Å². The maximum Gasteiger partial charge on any atom is 0.0602 e. The van der Waals surface area contributed by atoms with Gasteiger partial charge in [0, 0.05) is 19.1 Å². The molecule has 0 spiro atoms. The van der Waals surface area contributed by atoms with Gasteiger partial charge in [0.2, 0.25) is 0 Å². The van der Waals surface area contributed by atoms with Crippen LogP contribution in [0.5, 0.6) is 0 Å². The maximum atomic E-state index is 6.94. The van der Waals surface area contributed by atoms with Crippen LogP contribution >= 0.6 is 0 Å². The van der Waals surface area contributed by atoms with E-state index in [1.165, 1.54) is 0 Å². The molecular formula is C20H30N2. The summed E-state index contributed by atoms with van der Waals surface area (Å²) in [5, 5.41) is 0. The van der Waals surface area contributed by atoms with Crippen LogP contribution in [0.3, 0.4) is 0 Å². The van der Waals surface area contributed by atoms with Crippen molar-refractivity contribution in [3.05, 3.63) is 73.9 Å². The lowest BCUT2D eigenvalue weighted by atomic mass is 9.78. The third kappa shape index (κ3) is 4.43. The fourth-order valence-corrected chi connectivity index (χ4v) is 3.13. The standard InChI is InChI=1S/C20H30N2/c1-5-12-19(22(16-7-3)17-8-4)20(21,15-6-2)18-13-10-9-11-14-18/h6-11,13-14,19H,2-5,12,15-17,21H2,1H3. The number of hydrogen-bond donors (Lipinski definition) is 1. The zero-order chi connectivity index (χ0) is 16.4. The smallest absolute Gasteiger partial charge is 0.0602 e. The Morgan fingerprint density at radius 1 is 1.09 bits per heavy atom. The third-order valence-electron chi connectivity index (χ3n) is 4.12. The van der Waals surface area contributed by atoms with Crippen molar-refractivity contribution in [1.29, 1.82) is 0 Å². The quantitative estimate of drug-likeness (QED) is 0.619. The van der Waals surface area contributed by atoms with Crippen LogP contribution in [0.25, 0.3) is 0 Å². The average molecular weight is 298 g/mol. The lowest BCUT2D eigenvalue weighted by Crippen LogP contribution is -2.56. The summed E-state index contributed by atoms with van der Waals surface area (Å²) in [6.45, 7) is 15.5. The fourth-order valence-electron chi connectivity index (χ4n) is 3.13. The molecule has 0 bridgehead atoms. The van der Waals surface area contributed by atoms with E-state index in [9.17, 15) is 0 Å². The zero-order valence-corrected chi connectivity index (χ0v) is 13.9. The van der Waals surface area contributed by atoms with Gasteiger partial charge >= 0.3 is 0 Å². The maximum absolute atomic E-state index is 6.94. The lowest BCUT2D eigenvalue weighted by Gasteiger charge is -2.44. The molecule has 0 aromatic heterocycles. The minimum atomic E-state index is -0.453. The van der Waals surface area contributed by atoms with E-state index in [1.807, 2.05) is 36.4 Å². The second kappa shape index (κ2) is 9.39. The van der Waals surface area contributed by atoms with Gasteiger partial charge in [-0.15, -0.1) is 19.7 Å². The second-order valence-corrected chi connectivity index (χ2v) is 5.73. The largest absolute Gasteiger partial charge is 0.320 e. The van der Waals surface area contributed by atoms with Crippen molar-refractivity contribution in [3.8, 4) is 0 Å². The second-order valence-electron chi connectivity index (χ2n) is 5.73. The molecule has 0 radical (unpaired) electrons. The normalized spacial score (nSPS) is 15.0. The summed E-state index contributed by atoms with van der Waals surface area (Å²) < 4.78 is 0. The highest BCUT2D eigenvalue weighted by Gasteiger charge is 2.38. The molecule has 0 aliphatic rings. The van der Waals surface area contributed by atoms with Crippen molar-refractivity contribution in [2.75, 3.05) is 13.1 Å². The number of benzene rings is 1. The molecule has 0 saturated heterocycles. The number of hydrogen-bond acceptors (Lipinski definition) is 2. The van der Waals surface area contributed by atoms with Gasteiger partial charge in [-0.2, -0.15) is 0 Å². The molecule has 2 atom stereocenters. The molecule has 0 saturated carbocycles. The molecule has 0 amide bonds. The van der Waals surface area contributed by atoms with Crippen molar-refractivity contribution in [1.82, 2.24) is 4.90 Å². The highest BCUT2D eigenvalue weighted by atomic mass is 15.2. The summed E-state index contributed by atoms with van der Waals surface area (Å²) in [6.07, 6.45) is 8.65. The Balaban J connectivity index is 3.27. The van der Waals surface area contributed by atoms with Gasteiger partial charge in [0.05, 0.1) is 5.54 Å². The fraction of sp³-hybridized carbons (Fsp3) is 0.400. The van der Waals surface area contributed by atoms with E-state index < -0.39 is 5.54 Å². The van der Waals surface area contributed by atoms with Gasteiger partial charge in [-0.3, -0.25) is 4.90 Å².